The Morgan fingerprint density at radius 2 is 2.22 bits per heavy atom. The van der Waals surface area contributed by atoms with Gasteiger partial charge in [-0.25, -0.2) is 0 Å². The van der Waals surface area contributed by atoms with Crippen LogP contribution in [-0.4, -0.2) is 34.4 Å². The highest BCUT2D eigenvalue weighted by Gasteiger charge is 2.30. The van der Waals surface area contributed by atoms with Gasteiger partial charge in [-0.3, -0.25) is 4.79 Å². The normalized spacial score (nSPS) is 18.8. The molecular formula is C13H16BrNOS2. The van der Waals surface area contributed by atoms with Gasteiger partial charge < -0.3 is 4.90 Å². The molecule has 0 saturated carbocycles. The highest BCUT2D eigenvalue weighted by Crippen LogP contribution is 2.31. The minimum absolute atomic E-state index is 0.0890. The van der Waals surface area contributed by atoms with Crippen molar-refractivity contribution in [2.45, 2.75) is 23.5 Å². The van der Waals surface area contributed by atoms with E-state index in [-0.39, 0.29) is 10.7 Å². The molecule has 1 aliphatic heterocycles. The van der Waals surface area contributed by atoms with Gasteiger partial charge in [-0.05, 0) is 48.0 Å². The van der Waals surface area contributed by atoms with Gasteiger partial charge >= 0.3 is 0 Å². The average Bonchev–Trinajstić information content (AvgIpc) is 2.30. The molecule has 1 aliphatic rings. The van der Waals surface area contributed by atoms with E-state index in [2.05, 4.69) is 42.4 Å². The van der Waals surface area contributed by atoms with Gasteiger partial charge in [0.1, 0.15) is 0 Å². The maximum absolute atomic E-state index is 12.5. The lowest BCUT2D eigenvalue weighted by atomic mass is 10.1. The molecule has 0 aromatic heterocycles. The summed E-state index contributed by atoms with van der Waals surface area (Å²) in [6.07, 6.45) is 0. The van der Waals surface area contributed by atoms with Crippen molar-refractivity contribution in [3.63, 3.8) is 0 Å². The molecule has 5 heteroatoms. The molecule has 2 nitrogen and oxygen atoms in total. The monoisotopic (exact) mass is 345 g/mol. The van der Waals surface area contributed by atoms with Gasteiger partial charge in [0.25, 0.3) is 5.91 Å². The lowest BCUT2D eigenvalue weighted by molar-refractivity contribution is 0.0747. The highest BCUT2D eigenvalue weighted by molar-refractivity contribution is 9.10. The molecule has 1 saturated heterocycles. The van der Waals surface area contributed by atoms with Crippen LogP contribution in [0.4, 0.5) is 0 Å². The Morgan fingerprint density at radius 3 is 2.89 bits per heavy atom. The third kappa shape index (κ3) is 3.25. The summed E-state index contributed by atoms with van der Waals surface area (Å²) in [6.45, 7) is 5.97. The van der Waals surface area contributed by atoms with E-state index in [1.54, 1.807) is 0 Å². The van der Waals surface area contributed by atoms with Crippen molar-refractivity contribution in [3.8, 4) is 0 Å². The summed E-state index contributed by atoms with van der Waals surface area (Å²) in [5.41, 5.74) is 0.699. The Hall–Kier alpha value is -0.130. The van der Waals surface area contributed by atoms with Crippen LogP contribution < -0.4 is 0 Å². The number of carbonyl (C=O) groups is 1. The Morgan fingerprint density at radius 1 is 1.50 bits per heavy atom. The topological polar surface area (TPSA) is 20.3 Å². The van der Waals surface area contributed by atoms with Gasteiger partial charge in [-0.1, -0.05) is 0 Å². The van der Waals surface area contributed by atoms with E-state index in [1.165, 1.54) is 0 Å². The van der Waals surface area contributed by atoms with Crippen LogP contribution >= 0.6 is 40.3 Å². The number of carbonyl (C=O) groups excluding carboxylic acids is 1. The third-order valence-corrected chi connectivity index (χ3v) is 5.16. The molecule has 1 aromatic rings. The molecule has 0 N–H and O–H groups in total. The Balaban J connectivity index is 2.23. The predicted octanol–water partition coefficient (Wildman–Crippen LogP) is 3.71. The molecule has 2 rings (SSSR count). The molecule has 0 radical (unpaired) electrons. The Labute approximate surface area is 126 Å². The quantitative estimate of drug-likeness (QED) is 0.783. The molecule has 18 heavy (non-hydrogen) atoms. The van der Waals surface area contributed by atoms with E-state index in [0.29, 0.717) is 5.56 Å². The van der Waals surface area contributed by atoms with Gasteiger partial charge in [0.05, 0.1) is 5.56 Å². The number of hydrogen-bond acceptors (Lipinski definition) is 3. The first-order valence-corrected chi connectivity index (χ1v) is 8.03. The molecule has 0 atom stereocenters. The average molecular weight is 346 g/mol. The number of halogens is 1. The first kappa shape index (κ1) is 14.3. The lowest BCUT2D eigenvalue weighted by Gasteiger charge is -2.37. The minimum atomic E-state index is 0.0890. The van der Waals surface area contributed by atoms with Gasteiger partial charge in [-0.15, -0.1) is 12.6 Å². The number of rotatable bonds is 1. The minimum Gasteiger partial charge on any atom is -0.336 e. The van der Waals surface area contributed by atoms with Crippen molar-refractivity contribution < 1.29 is 4.79 Å². The van der Waals surface area contributed by atoms with Crippen molar-refractivity contribution in [1.29, 1.82) is 0 Å². The molecule has 1 aromatic carbocycles. The smallest absolute Gasteiger partial charge is 0.255 e. The summed E-state index contributed by atoms with van der Waals surface area (Å²) in [6, 6.07) is 5.57. The molecule has 1 heterocycles. The third-order valence-electron chi connectivity index (χ3n) is 2.89. The summed E-state index contributed by atoms with van der Waals surface area (Å²) < 4.78 is 0.972. The summed E-state index contributed by atoms with van der Waals surface area (Å²) in [5.74, 6) is 1.09. The molecule has 1 fully saturated rings. The zero-order chi connectivity index (χ0) is 13.3. The summed E-state index contributed by atoms with van der Waals surface area (Å²) in [5, 5.41) is 0. The van der Waals surface area contributed by atoms with E-state index >= 15 is 0 Å². The maximum Gasteiger partial charge on any atom is 0.255 e. The number of nitrogens with zero attached hydrogens (tertiary/aromatic N) is 1. The van der Waals surface area contributed by atoms with Crippen LogP contribution in [0.5, 0.6) is 0 Å². The summed E-state index contributed by atoms with van der Waals surface area (Å²) in [7, 11) is 0. The lowest BCUT2D eigenvalue weighted by Crippen LogP contribution is -2.46. The zero-order valence-electron chi connectivity index (χ0n) is 10.4. The fraction of sp³-hybridized carbons (Fsp3) is 0.462. The second-order valence-corrected chi connectivity index (χ2v) is 8.17. The summed E-state index contributed by atoms with van der Waals surface area (Å²) >= 11 is 9.66. The highest BCUT2D eigenvalue weighted by atomic mass is 79.9. The molecule has 1 amide bonds. The zero-order valence-corrected chi connectivity index (χ0v) is 13.7. The fourth-order valence-electron chi connectivity index (χ4n) is 2.04. The molecule has 0 spiro atoms. The largest absolute Gasteiger partial charge is 0.336 e. The number of amides is 1. The molecule has 98 valence electrons. The first-order chi connectivity index (χ1) is 8.39. The van der Waals surface area contributed by atoms with Crippen LogP contribution in [0.15, 0.2) is 27.6 Å². The molecular weight excluding hydrogens is 330 g/mol. The van der Waals surface area contributed by atoms with Gasteiger partial charge in [0, 0.05) is 33.0 Å². The van der Waals surface area contributed by atoms with E-state index in [9.17, 15) is 4.79 Å². The number of thioether (sulfide) groups is 1. The van der Waals surface area contributed by atoms with Crippen LogP contribution in [0.1, 0.15) is 24.2 Å². The maximum atomic E-state index is 12.5. The van der Waals surface area contributed by atoms with Crippen molar-refractivity contribution in [2.75, 3.05) is 18.8 Å². The van der Waals surface area contributed by atoms with Crippen LogP contribution in [-0.2, 0) is 0 Å². The predicted molar refractivity (Wildman–Crippen MR) is 83.8 cm³/mol. The van der Waals surface area contributed by atoms with Crippen LogP contribution in [0.3, 0.4) is 0 Å². The van der Waals surface area contributed by atoms with E-state index in [1.807, 2.05) is 34.9 Å². The number of benzene rings is 1. The van der Waals surface area contributed by atoms with Crippen molar-refractivity contribution in [1.82, 2.24) is 4.90 Å². The standard InChI is InChI=1S/C13H16BrNOS2/c1-13(2)8-15(5-6-18-13)12(16)10-7-9(17)3-4-11(10)14/h3-4,7,17H,5-6,8H2,1-2H3. The van der Waals surface area contributed by atoms with Crippen molar-refractivity contribution in [2.24, 2.45) is 0 Å². The first-order valence-electron chi connectivity index (χ1n) is 5.81. The van der Waals surface area contributed by atoms with Gasteiger partial charge in [-0.2, -0.15) is 11.8 Å². The van der Waals surface area contributed by atoms with Crippen LogP contribution in [0.25, 0.3) is 0 Å². The van der Waals surface area contributed by atoms with E-state index in [4.69, 9.17) is 0 Å². The molecule has 0 bridgehead atoms. The van der Waals surface area contributed by atoms with Crippen molar-refractivity contribution >= 4 is 46.2 Å². The Kier molecular flexibility index (Phi) is 4.34. The fourth-order valence-corrected chi connectivity index (χ4v) is 3.77. The molecule has 0 unspecified atom stereocenters. The van der Waals surface area contributed by atoms with Gasteiger partial charge in [0.15, 0.2) is 0 Å². The number of hydrogen-bond donors (Lipinski definition) is 1. The SMILES string of the molecule is CC1(C)CN(C(=O)c2cc(S)ccc2Br)CCS1. The van der Waals surface area contributed by atoms with Crippen molar-refractivity contribution in [3.05, 3.63) is 28.2 Å². The summed E-state index contributed by atoms with van der Waals surface area (Å²) in [4.78, 5) is 15.3. The second-order valence-electron chi connectivity index (χ2n) is 5.00. The Bertz CT molecular complexity index is 476. The van der Waals surface area contributed by atoms with E-state index < -0.39 is 0 Å². The van der Waals surface area contributed by atoms with Crippen LogP contribution in [0.2, 0.25) is 0 Å². The van der Waals surface area contributed by atoms with E-state index in [0.717, 1.165) is 28.2 Å². The van der Waals surface area contributed by atoms with Crippen LogP contribution in [0, 0.1) is 0 Å². The molecule has 0 aliphatic carbocycles. The second kappa shape index (κ2) is 5.47. The van der Waals surface area contributed by atoms with Gasteiger partial charge in [0.2, 0.25) is 0 Å². The number of thiol groups is 1.